The van der Waals surface area contributed by atoms with Gasteiger partial charge in [-0.15, -0.1) is 0 Å². The van der Waals surface area contributed by atoms with Crippen LogP contribution in [0.1, 0.15) is 28.8 Å². The molecule has 78 valence electrons. The number of benzene rings is 1. The molecule has 2 aliphatic heterocycles. The van der Waals surface area contributed by atoms with Gasteiger partial charge in [0.25, 0.3) is 5.91 Å². The molecule has 1 fully saturated rings. The van der Waals surface area contributed by atoms with Crippen LogP contribution in [0.25, 0.3) is 0 Å². The number of rotatable bonds is 0. The summed E-state index contributed by atoms with van der Waals surface area (Å²) in [7, 11) is 0. The first kappa shape index (κ1) is 8.92. The monoisotopic (exact) mass is 202 g/mol. The summed E-state index contributed by atoms with van der Waals surface area (Å²) in [4.78, 5) is 12.1. The molecule has 0 aliphatic carbocycles. The van der Waals surface area contributed by atoms with Crippen molar-refractivity contribution < 1.29 is 4.79 Å². The highest BCUT2D eigenvalue weighted by molar-refractivity contribution is 5.96. The van der Waals surface area contributed by atoms with Gasteiger partial charge in [0, 0.05) is 25.2 Å². The Morgan fingerprint density at radius 1 is 1.07 bits per heavy atom. The Bertz CT molecular complexity index is 402. The minimum atomic E-state index is 0.177. The molecular formula is C12H14N2O. The van der Waals surface area contributed by atoms with Crippen LogP contribution in [-0.4, -0.2) is 29.0 Å². The van der Waals surface area contributed by atoms with Gasteiger partial charge in [-0.3, -0.25) is 9.80 Å². The molecule has 2 aliphatic rings. The Balaban J connectivity index is 2.02. The van der Waals surface area contributed by atoms with E-state index in [-0.39, 0.29) is 5.91 Å². The van der Waals surface area contributed by atoms with E-state index in [9.17, 15) is 4.79 Å². The number of hydrazine groups is 1. The van der Waals surface area contributed by atoms with Crippen molar-refractivity contribution in [2.75, 3.05) is 13.1 Å². The normalized spacial score (nSPS) is 21.1. The van der Waals surface area contributed by atoms with E-state index in [1.165, 1.54) is 12.0 Å². The third-order valence-electron chi connectivity index (χ3n) is 3.21. The average Bonchev–Trinajstić information content (AvgIpc) is 2.30. The third-order valence-corrected chi connectivity index (χ3v) is 3.21. The van der Waals surface area contributed by atoms with Crippen LogP contribution in [0.5, 0.6) is 0 Å². The minimum absolute atomic E-state index is 0.177. The summed E-state index contributed by atoms with van der Waals surface area (Å²) in [6, 6.07) is 7.94. The molecule has 3 nitrogen and oxygen atoms in total. The molecule has 1 saturated heterocycles. The maximum absolute atomic E-state index is 12.1. The van der Waals surface area contributed by atoms with Crippen molar-refractivity contribution in [1.82, 2.24) is 10.0 Å². The zero-order chi connectivity index (χ0) is 10.3. The molecule has 0 unspecified atom stereocenters. The van der Waals surface area contributed by atoms with Gasteiger partial charge in [-0.2, -0.15) is 0 Å². The van der Waals surface area contributed by atoms with Crippen LogP contribution in [0, 0.1) is 0 Å². The largest absolute Gasteiger partial charge is 0.271 e. The molecule has 0 bridgehead atoms. The number of fused-ring (bicyclic) bond motifs is 2. The van der Waals surface area contributed by atoms with Crippen LogP contribution >= 0.6 is 0 Å². The van der Waals surface area contributed by atoms with E-state index >= 15 is 0 Å². The van der Waals surface area contributed by atoms with E-state index < -0.39 is 0 Å². The number of hydrogen-bond acceptors (Lipinski definition) is 2. The van der Waals surface area contributed by atoms with Crippen LogP contribution in [-0.2, 0) is 6.54 Å². The van der Waals surface area contributed by atoms with Crippen LogP contribution in [0.15, 0.2) is 24.3 Å². The van der Waals surface area contributed by atoms with Gasteiger partial charge in [0.1, 0.15) is 0 Å². The lowest BCUT2D eigenvalue weighted by Gasteiger charge is -2.42. The topological polar surface area (TPSA) is 23.6 Å². The first-order valence-electron chi connectivity index (χ1n) is 5.51. The molecule has 1 aromatic rings. The molecule has 1 aromatic carbocycles. The maximum atomic E-state index is 12.1. The van der Waals surface area contributed by atoms with Crippen molar-refractivity contribution >= 4 is 5.91 Å². The van der Waals surface area contributed by atoms with E-state index in [0.717, 1.165) is 31.6 Å². The number of amides is 1. The Hall–Kier alpha value is -1.35. The molecule has 0 radical (unpaired) electrons. The van der Waals surface area contributed by atoms with E-state index in [1.807, 2.05) is 23.2 Å². The molecule has 1 amide bonds. The first-order valence-corrected chi connectivity index (χ1v) is 5.51. The third kappa shape index (κ3) is 1.35. The summed E-state index contributed by atoms with van der Waals surface area (Å²) in [5.41, 5.74) is 2.05. The summed E-state index contributed by atoms with van der Waals surface area (Å²) in [5, 5.41) is 4.08. The Labute approximate surface area is 89.3 Å². The zero-order valence-electron chi connectivity index (χ0n) is 8.65. The van der Waals surface area contributed by atoms with Crippen molar-refractivity contribution in [1.29, 1.82) is 0 Å². The summed E-state index contributed by atoms with van der Waals surface area (Å²) in [6.45, 7) is 2.79. The molecule has 0 N–H and O–H groups in total. The molecule has 2 heterocycles. The van der Waals surface area contributed by atoms with Gasteiger partial charge in [0.2, 0.25) is 0 Å². The second-order valence-corrected chi connectivity index (χ2v) is 4.18. The van der Waals surface area contributed by atoms with Crippen molar-refractivity contribution in [3.05, 3.63) is 35.4 Å². The van der Waals surface area contributed by atoms with Crippen LogP contribution in [0.2, 0.25) is 0 Å². The standard InChI is InChI=1S/C12H14N2O/c15-12-11-6-2-1-5-10(11)9-13-7-3-4-8-14(12)13/h1-2,5-6H,3-4,7-9H2. The van der Waals surface area contributed by atoms with Crippen molar-refractivity contribution in [3.8, 4) is 0 Å². The zero-order valence-corrected chi connectivity index (χ0v) is 8.65. The van der Waals surface area contributed by atoms with Crippen LogP contribution in [0.4, 0.5) is 0 Å². The van der Waals surface area contributed by atoms with Crippen molar-refractivity contribution in [2.24, 2.45) is 0 Å². The Kier molecular flexibility index (Phi) is 1.99. The molecule has 3 heteroatoms. The second kappa shape index (κ2) is 3.35. The van der Waals surface area contributed by atoms with Gasteiger partial charge < -0.3 is 0 Å². The number of hydrogen-bond donors (Lipinski definition) is 0. The fraction of sp³-hybridized carbons (Fsp3) is 0.417. The summed E-state index contributed by atoms with van der Waals surface area (Å²) in [5.74, 6) is 0.177. The van der Waals surface area contributed by atoms with E-state index in [4.69, 9.17) is 0 Å². The van der Waals surface area contributed by atoms with Gasteiger partial charge >= 0.3 is 0 Å². The van der Waals surface area contributed by atoms with Gasteiger partial charge in [-0.25, -0.2) is 5.01 Å². The summed E-state index contributed by atoms with van der Waals surface area (Å²) < 4.78 is 0. The quantitative estimate of drug-likeness (QED) is 0.638. The van der Waals surface area contributed by atoms with Crippen LogP contribution < -0.4 is 0 Å². The molecule has 3 rings (SSSR count). The molecule has 0 spiro atoms. The predicted molar refractivity (Wildman–Crippen MR) is 57.1 cm³/mol. The van der Waals surface area contributed by atoms with Crippen LogP contribution in [0.3, 0.4) is 0 Å². The number of nitrogens with zero attached hydrogens (tertiary/aromatic N) is 2. The van der Waals surface area contributed by atoms with Gasteiger partial charge in [0.05, 0.1) is 0 Å². The van der Waals surface area contributed by atoms with Crippen molar-refractivity contribution in [3.63, 3.8) is 0 Å². The lowest BCUT2D eigenvalue weighted by atomic mass is 10.0. The maximum Gasteiger partial charge on any atom is 0.268 e. The Morgan fingerprint density at radius 2 is 1.87 bits per heavy atom. The van der Waals surface area contributed by atoms with E-state index in [0.29, 0.717) is 0 Å². The second-order valence-electron chi connectivity index (χ2n) is 4.18. The molecule has 0 atom stereocenters. The fourth-order valence-electron chi connectivity index (χ4n) is 2.41. The van der Waals surface area contributed by atoms with Gasteiger partial charge in [0.15, 0.2) is 0 Å². The molecular weight excluding hydrogens is 188 g/mol. The summed E-state index contributed by atoms with van der Waals surface area (Å²) in [6.07, 6.45) is 2.33. The number of carbonyl (C=O) groups is 1. The first-order chi connectivity index (χ1) is 7.36. The van der Waals surface area contributed by atoms with E-state index in [2.05, 4.69) is 11.1 Å². The SMILES string of the molecule is O=C1c2ccccc2CN2CCCCN12. The average molecular weight is 202 g/mol. The Morgan fingerprint density at radius 3 is 2.80 bits per heavy atom. The minimum Gasteiger partial charge on any atom is -0.271 e. The lowest BCUT2D eigenvalue weighted by molar-refractivity contribution is -0.0415. The number of carbonyl (C=O) groups excluding carboxylic acids is 1. The molecule has 15 heavy (non-hydrogen) atoms. The molecule has 0 aromatic heterocycles. The lowest BCUT2D eigenvalue weighted by Crippen LogP contribution is -2.52. The highest BCUT2D eigenvalue weighted by Gasteiger charge is 2.31. The summed E-state index contributed by atoms with van der Waals surface area (Å²) >= 11 is 0. The fourth-order valence-corrected chi connectivity index (χ4v) is 2.41. The van der Waals surface area contributed by atoms with E-state index in [1.54, 1.807) is 0 Å². The van der Waals surface area contributed by atoms with Gasteiger partial charge in [-0.05, 0) is 24.5 Å². The molecule has 0 saturated carbocycles. The van der Waals surface area contributed by atoms with Crippen molar-refractivity contribution in [2.45, 2.75) is 19.4 Å². The highest BCUT2D eigenvalue weighted by atomic mass is 16.2. The highest BCUT2D eigenvalue weighted by Crippen LogP contribution is 2.25. The van der Waals surface area contributed by atoms with Gasteiger partial charge in [-0.1, -0.05) is 18.2 Å². The smallest absolute Gasteiger partial charge is 0.268 e. The predicted octanol–water partition coefficient (Wildman–Crippen LogP) is 1.65.